The van der Waals surface area contributed by atoms with Crippen LogP contribution in [0.3, 0.4) is 0 Å². The summed E-state index contributed by atoms with van der Waals surface area (Å²) in [6.45, 7) is 0.778. The number of hydrogen-bond donors (Lipinski definition) is 2. The number of hydrogen-bond acceptors (Lipinski definition) is 4. The number of ether oxygens (including phenoxy) is 1. The first-order valence-corrected chi connectivity index (χ1v) is 7.62. The zero-order valence-electron chi connectivity index (χ0n) is 11.1. The minimum Gasteiger partial charge on any atom is -0.494 e. The Bertz CT molecular complexity index is 506. The molecule has 0 bridgehead atoms. The van der Waals surface area contributed by atoms with Gasteiger partial charge in [-0.1, -0.05) is 0 Å². The molecule has 7 heteroatoms. The first kappa shape index (κ1) is 15.7. The van der Waals surface area contributed by atoms with Gasteiger partial charge in [-0.15, -0.1) is 0 Å². The molecule has 0 aliphatic heterocycles. The third-order valence-corrected chi connectivity index (χ3v) is 3.89. The largest absolute Gasteiger partial charge is 0.494 e. The van der Waals surface area contributed by atoms with Gasteiger partial charge in [-0.05, 0) is 38.6 Å². The lowest BCUT2D eigenvalue weighted by molar-refractivity contribution is 0.387. The molecule has 0 aromatic heterocycles. The molecule has 0 unspecified atom stereocenters. The molecule has 0 saturated heterocycles. The van der Waals surface area contributed by atoms with Crippen LogP contribution in [0.4, 0.5) is 10.1 Å². The summed E-state index contributed by atoms with van der Waals surface area (Å²) in [5.74, 6) is -0.483. The van der Waals surface area contributed by atoms with Gasteiger partial charge in [0.1, 0.15) is 0 Å². The van der Waals surface area contributed by atoms with Crippen molar-refractivity contribution < 1.29 is 17.5 Å². The summed E-state index contributed by atoms with van der Waals surface area (Å²) in [5, 5.41) is 2.95. The van der Waals surface area contributed by atoms with E-state index in [1.54, 1.807) is 0 Å². The van der Waals surface area contributed by atoms with Gasteiger partial charge in [-0.25, -0.2) is 12.8 Å². The van der Waals surface area contributed by atoms with Crippen LogP contribution in [-0.4, -0.2) is 34.9 Å². The van der Waals surface area contributed by atoms with Crippen LogP contribution < -0.4 is 14.8 Å². The van der Waals surface area contributed by atoms with E-state index < -0.39 is 15.8 Å². The zero-order valence-corrected chi connectivity index (χ0v) is 11.9. The van der Waals surface area contributed by atoms with Gasteiger partial charge in [0, 0.05) is 6.07 Å². The summed E-state index contributed by atoms with van der Waals surface area (Å²) in [6, 6.07) is 3.85. The summed E-state index contributed by atoms with van der Waals surface area (Å²) in [5.41, 5.74) is 0.298. The van der Waals surface area contributed by atoms with Gasteiger partial charge in [-0.2, -0.15) is 0 Å². The molecule has 0 fully saturated rings. The molecule has 0 aliphatic carbocycles. The smallest absolute Gasteiger partial charge is 0.232 e. The Morgan fingerprint density at radius 1 is 1.32 bits per heavy atom. The molecule has 0 radical (unpaired) electrons. The molecule has 2 N–H and O–H groups in total. The highest BCUT2D eigenvalue weighted by Gasteiger charge is 2.11. The first-order valence-electron chi connectivity index (χ1n) is 5.97. The fraction of sp³-hybridized carbons (Fsp3) is 0.500. The van der Waals surface area contributed by atoms with E-state index in [4.69, 9.17) is 4.74 Å². The van der Waals surface area contributed by atoms with Crippen LogP contribution in [0.5, 0.6) is 5.75 Å². The van der Waals surface area contributed by atoms with Crippen LogP contribution in [0.2, 0.25) is 0 Å². The summed E-state index contributed by atoms with van der Waals surface area (Å²) >= 11 is 0. The van der Waals surface area contributed by atoms with E-state index in [2.05, 4.69) is 10.0 Å². The van der Waals surface area contributed by atoms with Crippen molar-refractivity contribution >= 4 is 15.7 Å². The molecular formula is C12H19FN2O3S. The molecule has 1 aromatic carbocycles. The minimum absolute atomic E-state index is 0.00961. The fourth-order valence-electron chi connectivity index (χ4n) is 1.55. The third-order valence-electron chi connectivity index (χ3n) is 2.51. The van der Waals surface area contributed by atoms with Crippen molar-refractivity contribution in [3.63, 3.8) is 0 Å². The highest BCUT2D eigenvalue weighted by Crippen LogP contribution is 2.22. The van der Waals surface area contributed by atoms with Crippen molar-refractivity contribution in [2.24, 2.45) is 0 Å². The molecular weight excluding hydrogens is 271 g/mol. The third kappa shape index (κ3) is 5.44. The van der Waals surface area contributed by atoms with Crippen molar-refractivity contribution in [3.05, 3.63) is 24.0 Å². The van der Waals surface area contributed by atoms with E-state index in [1.807, 2.05) is 7.05 Å². The van der Waals surface area contributed by atoms with Gasteiger partial charge in [0.05, 0.1) is 18.6 Å². The van der Waals surface area contributed by atoms with Gasteiger partial charge in [0.15, 0.2) is 11.6 Å². The van der Waals surface area contributed by atoms with Crippen LogP contribution in [0.1, 0.15) is 12.8 Å². The Hall–Kier alpha value is -1.34. The van der Waals surface area contributed by atoms with Crippen molar-refractivity contribution in [3.8, 4) is 5.75 Å². The number of sulfonamides is 1. The number of methoxy groups -OCH3 is 1. The standard InChI is InChI=1S/C12H19FN2O3S/c1-14-7-3-4-8-19(16,17)15-10-5-6-11(13)12(9-10)18-2/h5-6,9,14-15H,3-4,7-8H2,1-2H3. The Balaban J connectivity index is 2.62. The van der Waals surface area contributed by atoms with E-state index in [1.165, 1.54) is 19.2 Å². The maximum Gasteiger partial charge on any atom is 0.232 e. The number of unbranched alkanes of at least 4 members (excludes halogenated alkanes) is 1. The predicted octanol–water partition coefficient (Wildman–Crippen LogP) is 1.58. The lowest BCUT2D eigenvalue weighted by Crippen LogP contribution is -2.18. The zero-order chi connectivity index (χ0) is 14.3. The molecule has 0 saturated carbocycles. The van der Waals surface area contributed by atoms with E-state index in [9.17, 15) is 12.8 Å². The van der Waals surface area contributed by atoms with Crippen LogP contribution in [0, 0.1) is 5.82 Å². The number of halogens is 1. The first-order chi connectivity index (χ1) is 8.98. The summed E-state index contributed by atoms with van der Waals surface area (Å²) in [7, 11) is -0.264. The number of benzene rings is 1. The van der Waals surface area contributed by atoms with Crippen LogP contribution in [0.15, 0.2) is 18.2 Å². The molecule has 0 heterocycles. The Morgan fingerprint density at radius 3 is 2.68 bits per heavy atom. The molecule has 5 nitrogen and oxygen atoms in total. The second kappa shape index (κ2) is 7.30. The molecule has 1 rings (SSSR count). The number of rotatable bonds is 8. The lowest BCUT2D eigenvalue weighted by Gasteiger charge is -2.09. The van der Waals surface area contributed by atoms with Crippen LogP contribution in [-0.2, 0) is 10.0 Å². The normalized spacial score (nSPS) is 11.3. The molecule has 0 atom stereocenters. The van der Waals surface area contributed by atoms with Crippen LogP contribution >= 0.6 is 0 Å². The van der Waals surface area contributed by atoms with E-state index in [0.717, 1.165) is 19.0 Å². The van der Waals surface area contributed by atoms with E-state index >= 15 is 0 Å². The second-order valence-electron chi connectivity index (χ2n) is 4.08. The monoisotopic (exact) mass is 290 g/mol. The Kier molecular flexibility index (Phi) is 6.04. The second-order valence-corrected chi connectivity index (χ2v) is 5.92. The minimum atomic E-state index is -3.41. The van der Waals surface area contributed by atoms with Gasteiger partial charge < -0.3 is 10.1 Å². The molecule has 0 aliphatic rings. The average molecular weight is 290 g/mol. The summed E-state index contributed by atoms with van der Waals surface area (Å²) < 4.78 is 43.9. The van der Waals surface area contributed by atoms with Crippen LogP contribution in [0.25, 0.3) is 0 Å². The molecule has 108 valence electrons. The molecule has 1 aromatic rings. The van der Waals surface area contributed by atoms with Gasteiger partial charge in [-0.3, -0.25) is 4.72 Å². The van der Waals surface area contributed by atoms with Crippen molar-refractivity contribution in [2.45, 2.75) is 12.8 Å². The Labute approximate surface area is 113 Å². The van der Waals surface area contributed by atoms with E-state index in [0.29, 0.717) is 12.1 Å². The van der Waals surface area contributed by atoms with Crippen molar-refractivity contribution in [2.75, 3.05) is 31.2 Å². The molecule has 0 amide bonds. The highest BCUT2D eigenvalue weighted by atomic mass is 32.2. The van der Waals surface area contributed by atoms with Crippen molar-refractivity contribution in [1.82, 2.24) is 5.32 Å². The van der Waals surface area contributed by atoms with Crippen molar-refractivity contribution in [1.29, 1.82) is 0 Å². The van der Waals surface area contributed by atoms with Gasteiger partial charge >= 0.3 is 0 Å². The average Bonchev–Trinajstić information content (AvgIpc) is 2.37. The quantitative estimate of drug-likeness (QED) is 0.713. The highest BCUT2D eigenvalue weighted by molar-refractivity contribution is 7.92. The predicted molar refractivity (Wildman–Crippen MR) is 73.5 cm³/mol. The van der Waals surface area contributed by atoms with Gasteiger partial charge in [0.25, 0.3) is 0 Å². The maximum atomic E-state index is 13.2. The lowest BCUT2D eigenvalue weighted by atomic mass is 10.3. The topological polar surface area (TPSA) is 67.4 Å². The molecule has 0 spiro atoms. The Morgan fingerprint density at radius 2 is 2.05 bits per heavy atom. The summed E-state index contributed by atoms with van der Waals surface area (Å²) in [4.78, 5) is 0. The SMILES string of the molecule is CNCCCCS(=O)(=O)Nc1ccc(F)c(OC)c1. The fourth-order valence-corrected chi connectivity index (χ4v) is 2.72. The maximum absolute atomic E-state index is 13.2. The summed E-state index contributed by atoms with van der Waals surface area (Å²) in [6.07, 6.45) is 1.35. The number of anilines is 1. The van der Waals surface area contributed by atoms with Gasteiger partial charge in [0.2, 0.25) is 10.0 Å². The molecule has 19 heavy (non-hydrogen) atoms. The van der Waals surface area contributed by atoms with E-state index in [-0.39, 0.29) is 11.5 Å². The number of nitrogens with one attached hydrogen (secondary N) is 2.